The number of hydrogen-bond donors (Lipinski definition) is 0. The predicted octanol–water partition coefficient (Wildman–Crippen LogP) is 8.67. The summed E-state index contributed by atoms with van der Waals surface area (Å²) >= 11 is 0. The number of fused-ring (bicyclic) bond motifs is 2. The van der Waals surface area contributed by atoms with Gasteiger partial charge < -0.3 is 28.4 Å². The van der Waals surface area contributed by atoms with Gasteiger partial charge in [0.1, 0.15) is 11.5 Å². The molecule has 246 valence electrons. The van der Waals surface area contributed by atoms with E-state index in [0.717, 1.165) is 66.1 Å². The normalized spacial score (nSPS) is 11.9. The van der Waals surface area contributed by atoms with Crippen molar-refractivity contribution >= 4 is 34.0 Å². The second kappa shape index (κ2) is 13.9. The Bertz CT molecular complexity index is 1720. The Morgan fingerprint density at radius 2 is 0.804 bits per heavy atom. The molecule has 4 aromatic carbocycles. The maximum atomic E-state index is 6.39. The number of ether oxygens (including phenoxy) is 6. The third-order valence-electron chi connectivity index (χ3n) is 8.61. The maximum Gasteiger partial charge on any atom is 0.170 e. The summed E-state index contributed by atoms with van der Waals surface area (Å²) < 4.78 is 36.8. The van der Waals surface area contributed by atoms with E-state index in [1.54, 1.807) is 56.8 Å². The average Bonchev–Trinajstić information content (AvgIpc) is 3.02. The van der Waals surface area contributed by atoms with Crippen molar-refractivity contribution in [1.82, 2.24) is 0 Å². The van der Waals surface area contributed by atoms with Gasteiger partial charge in [-0.15, -0.1) is 0 Å². The van der Waals surface area contributed by atoms with Crippen molar-refractivity contribution in [2.45, 2.75) is 53.4 Å². The quantitative estimate of drug-likeness (QED) is 0.155. The zero-order chi connectivity index (χ0) is 34.0. The Kier molecular flexibility index (Phi) is 10.4. The van der Waals surface area contributed by atoms with E-state index >= 15 is 0 Å². The predicted molar refractivity (Wildman–Crippen MR) is 191 cm³/mol. The van der Waals surface area contributed by atoms with Crippen LogP contribution in [-0.4, -0.2) is 69.2 Å². The first-order valence-electron chi connectivity index (χ1n) is 15.5. The van der Waals surface area contributed by atoms with Gasteiger partial charge in [-0.2, -0.15) is 0 Å². The van der Waals surface area contributed by atoms with Crippen molar-refractivity contribution in [3.8, 4) is 45.6 Å². The highest BCUT2D eigenvalue weighted by atomic mass is 16.5. The Hall–Kier alpha value is -4.46. The van der Waals surface area contributed by atoms with Crippen LogP contribution in [-0.2, 0) is 0 Å². The lowest BCUT2D eigenvalue weighted by atomic mass is 9.83. The molecule has 0 saturated heterocycles. The second-order valence-electron chi connectivity index (χ2n) is 11.9. The van der Waals surface area contributed by atoms with Gasteiger partial charge >= 0.3 is 0 Å². The van der Waals surface area contributed by atoms with Crippen molar-refractivity contribution in [2.24, 2.45) is 9.98 Å². The molecule has 0 heterocycles. The van der Waals surface area contributed by atoms with Gasteiger partial charge in [0.15, 0.2) is 23.0 Å². The monoisotopic (exact) mass is 628 g/mol. The molecule has 0 aromatic heterocycles. The SMILES string of the molecule is CN=Cc1c(OC)c(OC)c(C(C)C)c2cc(C)c(-c3c(C)cc4c(C(C)C)c(OC)c(OC)c(C=NC)c4c3OC)c(OC)c12. The minimum absolute atomic E-state index is 0.138. The third kappa shape index (κ3) is 5.27. The summed E-state index contributed by atoms with van der Waals surface area (Å²) in [4.78, 5) is 8.84. The topological polar surface area (TPSA) is 80.1 Å². The summed E-state index contributed by atoms with van der Waals surface area (Å²) in [5.74, 6) is 4.28. The van der Waals surface area contributed by atoms with Crippen LogP contribution in [0, 0.1) is 13.8 Å². The van der Waals surface area contributed by atoms with Crippen molar-refractivity contribution in [3.63, 3.8) is 0 Å². The minimum Gasteiger partial charge on any atom is -0.495 e. The first-order chi connectivity index (χ1) is 22.0. The van der Waals surface area contributed by atoms with Gasteiger partial charge in [-0.1, -0.05) is 39.8 Å². The van der Waals surface area contributed by atoms with E-state index in [4.69, 9.17) is 28.4 Å². The van der Waals surface area contributed by atoms with E-state index in [2.05, 4.69) is 63.7 Å². The highest BCUT2D eigenvalue weighted by molar-refractivity contribution is 6.15. The summed E-state index contributed by atoms with van der Waals surface area (Å²) in [6, 6.07) is 4.42. The molecular weight excluding hydrogens is 580 g/mol. The van der Waals surface area contributed by atoms with Crippen LogP contribution in [0.1, 0.15) is 72.9 Å². The number of nitrogens with zero attached hydrogens (tertiary/aromatic N) is 2. The van der Waals surface area contributed by atoms with Crippen molar-refractivity contribution < 1.29 is 28.4 Å². The number of aryl methyl sites for hydroxylation is 2. The fourth-order valence-electron chi connectivity index (χ4n) is 6.99. The third-order valence-corrected chi connectivity index (χ3v) is 8.61. The Morgan fingerprint density at radius 3 is 1.04 bits per heavy atom. The molecule has 0 atom stereocenters. The van der Waals surface area contributed by atoms with Gasteiger partial charge in [0.2, 0.25) is 0 Å². The molecule has 0 saturated carbocycles. The summed E-state index contributed by atoms with van der Waals surface area (Å²) in [6.07, 6.45) is 3.61. The molecule has 0 aliphatic carbocycles. The van der Waals surface area contributed by atoms with Crippen LogP contribution in [0.4, 0.5) is 0 Å². The maximum absolute atomic E-state index is 6.39. The molecule has 0 fully saturated rings. The van der Waals surface area contributed by atoms with E-state index in [9.17, 15) is 0 Å². The zero-order valence-corrected chi connectivity index (χ0v) is 29.8. The molecule has 8 nitrogen and oxygen atoms in total. The number of aliphatic imine (C=N–C) groups is 2. The lowest BCUT2D eigenvalue weighted by molar-refractivity contribution is 0.351. The summed E-state index contributed by atoms with van der Waals surface area (Å²) in [7, 11) is 13.6. The molecule has 8 heteroatoms. The molecule has 0 radical (unpaired) electrons. The number of benzene rings is 4. The molecule has 4 aromatic rings. The van der Waals surface area contributed by atoms with Crippen LogP contribution >= 0.6 is 0 Å². The minimum atomic E-state index is 0.138. The van der Waals surface area contributed by atoms with Crippen LogP contribution < -0.4 is 28.4 Å². The smallest absolute Gasteiger partial charge is 0.170 e. The van der Waals surface area contributed by atoms with E-state index in [1.165, 1.54) is 0 Å². The first kappa shape index (κ1) is 34.4. The van der Waals surface area contributed by atoms with Gasteiger partial charge in [0.05, 0.1) is 42.7 Å². The lowest BCUT2D eigenvalue weighted by Crippen LogP contribution is -2.07. The molecule has 0 amide bonds. The van der Waals surface area contributed by atoms with Crippen LogP contribution in [0.15, 0.2) is 22.1 Å². The van der Waals surface area contributed by atoms with Crippen LogP contribution in [0.3, 0.4) is 0 Å². The van der Waals surface area contributed by atoms with Crippen molar-refractivity contribution in [2.75, 3.05) is 56.8 Å². The standard InChI is InChI=1S/C38H48N2O6/c1-19(2)27-23-15-21(5)29(35(43-11)31(23)25(17-39-7)33(41-9)37(27)45-13)30-22(6)16-24-28(20(3)4)38(46-14)34(42-10)26(18-40-8)32(24)36(30)44-12/h15-20H,1-14H3. The van der Waals surface area contributed by atoms with E-state index < -0.39 is 0 Å². The molecule has 0 aliphatic rings. The zero-order valence-electron chi connectivity index (χ0n) is 29.8. The molecule has 0 unspecified atom stereocenters. The first-order valence-corrected chi connectivity index (χ1v) is 15.5. The van der Waals surface area contributed by atoms with Gasteiger partial charge in [-0.05, 0) is 47.6 Å². The highest BCUT2D eigenvalue weighted by Crippen LogP contribution is 2.55. The molecule has 0 aliphatic heterocycles. The van der Waals surface area contributed by atoms with Crippen LogP contribution in [0.5, 0.6) is 34.5 Å². The van der Waals surface area contributed by atoms with E-state index in [-0.39, 0.29) is 11.8 Å². The Balaban J connectivity index is 2.39. The number of hydrogen-bond acceptors (Lipinski definition) is 8. The molecule has 0 N–H and O–H groups in total. The second-order valence-corrected chi connectivity index (χ2v) is 11.9. The lowest BCUT2D eigenvalue weighted by Gasteiger charge is -2.27. The fourth-order valence-corrected chi connectivity index (χ4v) is 6.99. The van der Waals surface area contributed by atoms with Crippen molar-refractivity contribution in [1.29, 1.82) is 0 Å². The molecule has 0 bridgehead atoms. The van der Waals surface area contributed by atoms with Crippen LogP contribution in [0.2, 0.25) is 0 Å². The Morgan fingerprint density at radius 1 is 0.500 bits per heavy atom. The summed E-state index contributed by atoms with van der Waals surface area (Å²) in [5, 5.41) is 3.82. The highest BCUT2D eigenvalue weighted by Gasteiger charge is 2.31. The van der Waals surface area contributed by atoms with Gasteiger partial charge in [0.25, 0.3) is 0 Å². The molecule has 46 heavy (non-hydrogen) atoms. The average molecular weight is 629 g/mol. The molecule has 4 rings (SSSR count). The van der Waals surface area contributed by atoms with Gasteiger partial charge in [-0.3, -0.25) is 9.98 Å². The van der Waals surface area contributed by atoms with E-state index in [1.807, 2.05) is 12.4 Å². The summed E-state index contributed by atoms with van der Waals surface area (Å²) in [6.45, 7) is 12.8. The number of methoxy groups -OCH3 is 6. The van der Waals surface area contributed by atoms with Gasteiger partial charge in [0, 0.05) is 70.7 Å². The van der Waals surface area contributed by atoms with Gasteiger partial charge in [-0.25, -0.2) is 0 Å². The largest absolute Gasteiger partial charge is 0.495 e. The van der Waals surface area contributed by atoms with E-state index in [0.29, 0.717) is 34.5 Å². The fraction of sp³-hybridized carbons (Fsp3) is 0.421. The molecule has 0 spiro atoms. The Labute approximate surface area is 273 Å². The number of rotatable bonds is 11. The summed E-state index contributed by atoms with van der Waals surface area (Å²) in [5.41, 5.74) is 7.52. The van der Waals surface area contributed by atoms with Crippen molar-refractivity contribution in [3.05, 3.63) is 45.5 Å². The van der Waals surface area contributed by atoms with Crippen LogP contribution in [0.25, 0.3) is 32.7 Å². The molecular formula is C38H48N2O6.